The zero-order valence-corrected chi connectivity index (χ0v) is 34.6. The highest BCUT2D eigenvalue weighted by molar-refractivity contribution is 6.16. The summed E-state index contributed by atoms with van der Waals surface area (Å²) < 4.78 is 2.44. The van der Waals surface area contributed by atoms with Crippen molar-refractivity contribution in [3.05, 3.63) is 277 Å². The van der Waals surface area contributed by atoms with Gasteiger partial charge in [0.1, 0.15) is 0 Å². The Morgan fingerprint density at radius 3 is 1.56 bits per heavy atom. The summed E-state index contributed by atoms with van der Waals surface area (Å²) in [4.78, 5) is 2.49. The molecule has 0 unspecified atom stereocenters. The minimum atomic E-state index is -0.523. The number of hydrogen-bond donors (Lipinski definition) is 0. The fourth-order valence-electron chi connectivity index (χ4n) is 10.4. The first kappa shape index (κ1) is 36.6. The molecular weight excluding hydrogens is 761 g/mol. The predicted molar refractivity (Wildman–Crippen MR) is 264 cm³/mol. The molecule has 12 rings (SSSR count). The molecule has 1 aliphatic carbocycles. The van der Waals surface area contributed by atoms with Crippen LogP contribution in [0.5, 0.6) is 0 Å². The van der Waals surface area contributed by atoms with Gasteiger partial charge in [0, 0.05) is 33.4 Å². The molecule has 63 heavy (non-hydrogen) atoms. The van der Waals surface area contributed by atoms with E-state index in [1.54, 1.807) is 0 Å². The third-order valence-electron chi connectivity index (χ3n) is 13.1. The molecule has 1 aliphatic rings. The predicted octanol–water partition coefficient (Wildman–Crippen LogP) is 16.0. The summed E-state index contributed by atoms with van der Waals surface area (Å²) in [7, 11) is 0. The fourth-order valence-corrected chi connectivity index (χ4v) is 10.4. The van der Waals surface area contributed by atoms with Crippen molar-refractivity contribution >= 4 is 38.9 Å². The fraction of sp³-hybridized carbons (Fsp3) is 0.0164. The molecule has 0 aliphatic heterocycles. The first-order valence-electron chi connectivity index (χ1n) is 21.8. The third kappa shape index (κ3) is 5.80. The molecule has 0 N–H and O–H groups in total. The second-order valence-corrected chi connectivity index (χ2v) is 16.4. The molecular formula is C61H42N2. The van der Waals surface area contributed by atoms with E-state index in [0.29, 0.717) is 0 Å². The third-order valence-corrected chi connectivity index (χ3v) is 13.1. The van der Waals surface area contributed by atoms with Gasteiger partial charge in [0.2, 0.25) is 0 Å². The lowest BCUT2D eigenvalue weighted by Gasteiger charge is -2.34. The van der Waals surface area contributed by atoms with E-state index in [1.807, 2.05) is 0 Å². The largest absolute Gasteiger partial charge is 0.310 e. The molecule has 10 aromatic carbocycles. The number of aromatic nitrogens is 1. The van der Waals surface area contributed by atoms with Crippen molar-refractivity contribution in [2.45, 2.75) is 5.41 Å². The van der Waals surface area contributed by atoms with Gasteiger partial charge in [0.05, 0.1) is 22.1 Å². The molecule has 1 heterocycles. The zero-order valence-electron chi connectivity index (χ0n) is 34.6. The van der Waals surface area contributed by atoms with Crippen LogP contribution in [0.25, 0.3) is 60.9 Å². The smallest absolute Gasteiger partial charge is 0.0714 e. The van der Waals surface area contributed by atoms with Gasteiger partial charge in [0.25, 0.3) is 0 Å². The van der Waals surface area contributed by atoms with Crippen molar-refractivity contribution in [2.75, 3.05) is 4.90 Å². The Morgan fingerprint density at radius 2 is 0.873 bits per heavy atom. The van der Waals surface area contributed by atoms with Crippen LogP contribution in [0.4, 0.5) is 17.1 Å². The van der Waals surface area contributed by atoms with E-state index in [-0.39, 0.29) is 0 Å². The number of nitrogens with zero attached hydrogens (tertiary/aromatic N) is 2. The van der Waals surface area contributed by atoms with E-state index in [0.717, 1.165) is 28.3 Å². The van der Waals surface area contributed by atoms with Gasteiger partial charge in [0.15, 0.2) is 0 Å². The van der Waals surface area contributed by atoms with Crippen LogP contribution in [0.3, 0.4) is 0 Å². The molecule has 0 bridgehead atoms. The van der Waals surface area contributed by atoms with Crippen LogP contribution in [0.1, 0.15) is 22.3 Å². The van der Waals surface area contributed by atoms with Crippen LogP contribution in [0, 0.1) is 0 Å². The maximum atomic E-state index is 2.49. The van der Waals surface area contributed by atoms with Gasteiger partial charge in [-0.2, -0.15) is 0 Å². The number of para-hydroxylation sites is 1. The van der Waals surface area contributed by atoms with E-state index >= 15 is 0 Å². The molecule has 2 nitrogen and oxygen atoms in total. The highest BCUT2D eigenvalue weighted by Gasteiger charge is 2.47. The van der Waals surface area contributed by atoms with E-state index < -0.39 is 5.41 Å². The standard InChI is InChI=1S/C61H42N2/c1-6-20-43(21-7-1)44-36-38-49(39-37-44)62(50-40-41-53-58(42-50)63(48-28-14-5-15-29-48)56-34-18-31-51(59(53)56)45-22-8-2-9-23-45)57-35-19-33-55-60(57)52-30-16-17-32-54(52)61(55,46-24-10-3-11-25-46)47-26-12-4-13-27-47/h1-42H. The monoisotopic (exact) mass is 802 g/mol. The van der Waals surface area contributed by atoms with E-state index in [2.05, 4.69) is 264 Å². The van der Waals surface area contributed by atoms with E-state index in [4.69, 9.17) is 0 Å². The summed E-state index contributed by atoms with van der Waals surface area (Å²) in [5.41, 5.74) is 18.6. The molecule has 0 fully saturated rings. The van der Waals surface area contributed by atoms with Gasteiger partial charge in [-0.1, -0.05) is 206 Å². The molecule has 2 heteroatoms. The average Bonchev–Trinajstić information content (AvgIpc) is 3.87. The van der Waals surface area contributed by atoms with Crippen LogP contribution in [0.15, 0.2) is 255 Å². The second kappa shape index (κ2) is 15.1. The normalized spacial score (nSPS) is 12.6. The Bertz CT molecular complexity index is 3370. The van der Waals surface area contributed by atoms with Crippen molar-refractivity contribution in [3.63, 3.8) is 0 Å². The number of rotatable bonds is 8. The van der Waals surface area contributed by atoms with Crippen LogP contribution in [-0.2, 0) is 5.41 Å². The number of anilines is 3. The summed E-state index contributed by atoms with van der Waals surface area (Å²) in [6, 6.07) is 93.3. The van der Waals surface area contributed by atoms with Crippen molar-refractivity contribution in [1.82, 2.24) is 4.57 Å². The molecule has 296 valence electrons. The lowest BCUT2D eigenvalue weighted by atomic mass is 9.68. The van der Waals surface area contributed by atoms with Gasteiger partial charge in [-0.15, -0.1) is 0 Å². The lowest BCUT2D eigenvalue weighted by Crippen LogP contribution is -2.28. The van der Waals surface area contributed by atoms with Gasteiger partial charge in [-0.05, 0) is 98.6 Å². The molecule has 0 saturated heterocycles. The van der Waals surface area contributed by atoms with Crippen molar-refractivity contribution < 1.29 is 0 Å². The van der Waals surface area contributed by atoms with Gasteiger partial charge in [-0.3, -0.25) is 0 Å². The van der Waals surface area contributed by atoms with Gasteiger partial charge >= 0.3 is 0 Å². The Kier molecular flexibility index (Phi) is 8.76. The van der Waals surface area contributed by atoms with Crippen molar-refractivity contribution in [3.8, 4) is 39.1 Å². The molecule has 0 spiro atoms. The van der Waals surface area contributed by atoms with Crippen molar-refractivity contribution in [1.29, 1.82) is 0 Å². The summed E-state index contributed by atoms with van der Waals surface area (Å²) in [6.07, 6.45) is 0. The van der Waals surface area contributed by atoms with Crippen molar-refractivity contribution in [2.24, 2.45) is 0 Å². The topological polar surface area (TPSA) is 8.17 Å². The molecule has 11 aromatic rings. The quantitative estimate of drug-likeness (QED) is 0.149. The lowest BCUT2D eigenvalue weighted by molar-refractivity contribution is 0.768. The Hall–Kier alpha value is -8.20. The summed E-state index contributed by atoms with van der Waals surface area (Å²) in [6.45, 7) is 0. The number of fused-ring (bicyclic) bond motifs is 6. The molecule has 0 atom stereocenters. The molecule has 1 aromatic heterocycles. The molecule has 0 amide bonds. The SMILES string of the molecule is c1ccc(-c2ccc(N(c3ccc4c5c(-c6ccccc6)cccc5n(-c5ccccc5)c4c3)c3cccc4c3-c3ccccc3C4(c3ccccc3)c3ccccc3)cc2)cc1. The summed E-state index contributed by atoms with van der Waals surface area (Å²) in [5.74, 6) is 0. The maximum absolute atomic E-state index is 2.49. The van der Waals surface area contributed by atoms with Gasteiger partial charge in [-0.25, -0.2) is 0 Å². The zero-order chi connectivity index (χ0) is 41.7. The number of benzene rings is 10. The Labute approximate surface area is 368 Å². The minimum absolute atomic E-state index is 0.523. The highest BCUT2D eigenvalue weighted by Crippen LogP contribution is 2.59. The Morgan fingerprint density at radius 1 is 0.349 bits per heavy atom. The summed E-state index contributed by atoms with van der Waals surface area (Å²) >= 11 is 0. The molecule has 0 saturated carbocycles. The first-order chi connectivity index (χ1) is 31.3. The van der Waals surface area contributed by atoms with E-state index in [9.17, 15) is 0 Å². The summed E-state index contributed by atoms with van der Waals surface area (Å²) in [5, 5.41) is 2.46. The Balaban J connectivity index is 1.16. The highest BCUT2D eigenvalue weighted by atomic mass is 15.1. The number of hydrogen-bond acceptors (Lipinski definition) is 1. The molecule has 0 radical (unpaired) electrons. The maximum Gasteiger partial charge on any atom is 0.0714 e. The second-order valence-electron chi connectivity index (χ2n) is 16.4. The van der Waals surface area contributed by atoms with Gasteiger partial charge < -0.3 is 9.47 Å². The minimum Gasteiger partial charge on any atom is -0.310 e. The van der Waals surface area contributed by atoms with Crippen LogP contribution >= 0.6 is 0 Å². The van der Waals surface area contributed by atoms with E-state index in [1.165, 1.54) is 71.9 Å². The average molecular weight is 803 g/mol. The van der Waals surface area contributed by atoms with Crippen LogP contribution < -0.4 is 4.90 Å². The van der Waals surface area contributed by atoms with Crippen LogP contribution in [0.2, 0.25) is 0 Å². The van der Waals surface area contributed by atoms with Crippen LogP contribution in [-0.4, -0.2) is 4.57 Å². The first-order valence-corrected chi connectivity index (χ1v) is 21.8.